The second-order valence-corrected chi connectivity index (χ2v) is 7.48. The summed E-state index contributed by atoms with van der Waals surface area (Å²) in [6.07, 6.45) is 2.25. The molecule has 2 aromatic carbocycles. The lowest BCUT2D eigenvalue weighted by Gasteiger charge is -2.09. The van der Waals surface area contributed by atoms with Crippen LogP contribution in [0.15, 0.2) is 58.7 Å². The third-order valence-electron chi connectivity index (χ3n) is 3.54. The van der Waals surface area contributed by atoms with Gasteiger partial charge >= 0.3 is 0 Å². The number of aryl methyl sites for hydroxylation is 1. The minimum atomic E-state index is -0.416. The van der Waals surface area contributed by atoms with Gasteiger partial charge in [-0.05, 0) is 71.3 Å². The highest BCUT2D eigenvalue weighted by molar-refractivity contribution is 14.1. The zero-order chi connectivity index (χ0) is 18.2. The number of nitrogens with one attached hydrogen (secondary N) is 2. The van der Waals surface area contributed by atoms with Crippen LogP contribution in [0.25, 0.3) is 0 Å². The van der Waals surface area contributed by atoms with Crippen LogP contribution in [-0.4, -0.2) is 12.5 Å². The molecule has 2 N–H and O–H groups in total. The van der Waals surface area contributed by atoms with E-state index in [-0.39, 0.29) is 5.57 Å². The van der Waals surface area contributed by atoms with E-state index in [1.807, 2.05) is 55.5 Å². The quantitative estimate of drug-likeness (QED) is 0.260. The molecular weight excluding hydrogens is 493 g/mol. The molecule has 0 aromatic heterocycles. The fourth-order valence-corrected chi connectivity index (χ4v) is 3.32. The number of halogens is 2. The monoisotopic (exact) mass is 509 g/mol. The lowest BCUT2D eigenvalue weighted by molar-refractivity contribution is -0.112. The molecular formula is C19H17BrIN3O. The van der Waals surface area contributed by atoms with Crippen molar-refractivity contribution >= 4 is 50.1 Å². The Bertz CT molecular complexity index is 843. The maximum absolute atomic E-state index is 12.2. The Morgan fingerprint density at radius 2 is 2.08 bits per heavy atom. The molecule has 1 amide bonds. The van der Waals surface area contributed by atoms with Crippen molar-refractivity contribution in [3.8, 4) is 6.07 Å². The molecule has 0 aliphatic carbocycles. The SMILES string of the molecule is Cc1cc(I)ccc1NC(=O)/C(C#N)=C\NCCc1ccccc1Br. The highest BCUT2D eigenvalue weighted by atomic mass is 127. The lowest BCUT2D eigenvalue weighted by Crippen LogP contribution is -2.18. The van der Waals surface area contributed by atoms with Crippen LogP contribution < -0.4 is 10.6 Å². The van der Waals surface area contributed by atoms with Gasteiger partial charge in [0, 0.05) is 26.5 Å². The molecule has 0 aliphatic rings. The molecule has 0 radical (unpaired) electrons. The molecule has 0 bridgehead atoms. The number of rotatable bonds is 6. The summed E-state index contributed by atoms with van der Waals surface area (Å²) in [6.45, 7) is 2.55. The minimum absolute atomic E-state index is 0.0464. The van der Waals surface area contributed by atoms with E-state index in [4.69, 9.17) is 0 Å². The number of carbonyl (C=O) groups excluding carboxylic acids is 1. The predicted octanol–water partition coefficient (Wildman–Crippen LogP) is 4.54. The van der Waals surface area contributed by atoms with E-state index in [1.165, 1.54) is 11.8 Å². The molecule has 0 saturated heterocycles. The number of hydrogen-bond donors (Lipinski definition) is 2. The van der Waals surface area contributed by atoms with Crippen LogP contribution in [0.2, 0.25) is 0 Å². The lowest BCUT2D eigenvalue weighted by atomic mass is 10.1. The normalized spacial score (nSPS) is 10.9. The summed E-state index contributed by atoms with van der Waals surface area (Å²) < 4.78 is 2.14. The molecule has 0 atom stereocenters. The van der Waals surface area contributed by atoms with E-state index in [0.29, 0.717) is 12.2 Å². The maximum atomic E-state index is 12.2. The minimum Gasteiger partial charge on any atom is -0.389 e. The molecule has 0 spiro atoms. The highest BCUT2D eigenvalue weighted by Crippen LogP contribution is 2.18. The number of carbonyl (C=O) groups is 1. The van der Waals surface area contributed by atoms with Crippen molar-refractivity contribution < 1.29 is 4.79 Å². The van der Waals surface area contributed by atoms with E-state index >= 15 is 0 Å². The molecule has 0 aliphatic heterocycles. The zero-order valence-electron chi connectivity index (χ0n) is 13.6. The number of nitriles is 1. The summed E-state index contributed by atoms with van der Waals surface area (Å²) in [6, 6.07) is 15.6. The Labute approximate surface area is 169 Å². The van der Waals surface area contributed by atoms with Gasteiger partial charge in [0.15, 0.2) is 0 Å². The fraction of sp³-hybridized carbons (Fsp3) is 0.158. The Morgan fingerprint density at radius 1 is 1.32 bits per heavy atom. The maximum Gasteiger partial charge on any atom is 0.267 e. The van der Waals surface area contributed by atoms with Crippen molar-refractivity contribution in [1.82, 2.24) is 5.32 Å². The molecule has 0 heterocycles. The van der Waals surface area contributed by atoms with E-state index < -0.39 is 5.91 Å². The van der Waals surface area contributed by atoms with Crippen molar-refractivity contribution in [3.05, 3.63) is 73.4 Å². The van der Waals surface area contributed by atoms with Crippen LogP contribution in [0.1, 0.15) is 11.1 Å². The Morgan fingerprint density at radius 3 is 2.76 bits per heavy atom. The van der Waals surface area contributed by atoms with Crippen LogP contribution in [0.3, 0.4) is 0 Å². The average molecular weight is 510 g/mol. The molecule has 0 unspecified atom stereocenters. The first-order valence-corrected chi connectivity index (χ1v) is 9.53. The van der Waals surface area contributed by atoms with Gasteiger partial charge in [0.1, 0.15) is 11.6 Å². The van der Waals surface area contributed by atoms with Crippen LogP contribution >= 0.6 is 38.5 Å². The van der Waals surface area contributed by atoms with Crippen molar-refractivity contribution in [1.29, 1.82) is 5.26 Å². The smallest absolute Gasteiger partial charge is 0.267 e. The topological polar surface area (TPSA) is 64.9 Å². The van der Waals surface area contributed by atoms with Crippen LogP contribution in [0, 0.1) is 21.8 Å². The molecule has 0 fully saturated rings. The molecule has 25 heavy (non-hydrogen) atoms. The van der Waals surface area contributed by atoms with Gasteiger partial charge in [0.05, 0.1) is 0 Å². The molecule has 128 valence electrons. The van der Waals surface area contributed by atoms with Crippen molar-refractivity contribution in [2.24, 2.45) is 0 Å². The van der Waals surface area contributed by atoms with Gasteiger partial charge in [-0.15, -0.1) is 0 Å². The van der Waals surface area contributed by atoms with Crippen LogP contribution in [0.4, 0.5) is 5.69 Å². The van der Waals surface area contributed by atoms with Gasteiger partial charge in [0.25, 0.3) is 5.91 Å². The average Bonchev–Trinajstić information content (AvgIpc) is 2.59. The van der Waals surface area contributed by atoms with Crippen LogP contribution in [-0.2, 0) is 11.2 Å². The van der Waals surface area contributed by atoms with E-state index in [1.54, 1.807) is 0 Å². The van der Waals surface area contributed by atoms with Crippen LogP contribution in [0.5, 0.6) is 0 Å². The van der Waals surface area contributed by atoms with Gasteiger partial charge in [-0.3, -0.25) is 4.79 Å². The summed E-state index contributed by atoms with van der Waals surface area (Å²) in [5.74, 6) is -0.416. The largest absolute Gasteiger partial charge is 0.389 e. The van der Waals surface area contributed by atoms with Crippen molar-refractivity contribution in [2.45, 2.75) is 13.3 Å². The number of amides is 1. The van der Waals surface area contributed by atoms with E-state index in [9.17, 15) is 10.1 Å². The predicted molar refractivity (Wildman–Crippen MR) is 112 cm³/mol. The summed E-state index contributed by atoms with van der Waals surface area (Å²) >= 11 is 5.72. The zero-order valence-corrected chi connectivity index (χ0v) is 17.4. The Balaban J connectivity index is 1.94. The summed E-state index contributed by atoms with van der Waals surface area (Å²) in [5.41, 5.74) is 2.88. The van der Waals surface area contributed by atoms with Gasteiger partial charge in [-0.2, -0.15) is 5.26 Å². The highest BCUT2D eigenvalue weighted by Gasteiger charge is 2.10. The van der Waals surface area contributed by atoms with Gasteiger partial charge in [-0.1, -0.05) is 34.1 Å². The second kappa shape index (κ2) is 9.59. The molecule has 2 rings (SSSR count). The first-order chi connectivity index (χ1) is 12.0. The molecule has 4 nitrogen and oxygen atoms in total. The van der Waals surface area contributed by atoms with E-state index in [0.717, 1.165) is 20.0 Å². The number of nitrogens with zero attached hydrogens (tertiary/aromatic N) is 1. The fourth-order valence-electron chi connectivity index (χ4n) is 2.19. The Kier molecular flexibility index (Phi) is 7.47. The van der Waals surface area contributed by atoms with Gasteiger partial charge in [0.2, 0.25) is 0 Å². The first kappa shape index (κ1) is 19.5. The van der Waals surface area contributed by atoms with E-state index in [2.05, 4.69) is 49.2 Å². The molecule has 2 aromatic rings. The third kappa shape index (κ3) is 5.87. The standard InChI is InChI=1S/C19H17BrIN3O/c1-13-10-16(21)6-7-18(13)24-19(25)15(11-22)12-23-9-8-14-4-2-3-5-17(14)20/h2-7,10,12,23H,8-9H2,1H3,(H,24,25)/b15-12-. The summed E-state index contributed by atoms with van der Waals surface area (Å²) in [5, 5.41) is 15.0. The summed E-state index contributed by atoms with van der Waals surface area (Å²) in [7, 11) is 0. The number of anilines is 1. The summed E-state index contributed by atoms with van der Waals surface area (Å²) in [4.78, 5) is 12.2. The number of hydrogen-bond acceptors (Lipinski definition) is 3. The number of benzene rings is 2. The van der Waals surface area contributed by atoms with Crippen molar-refractivity contribution in [3.63, 3.8) is 0 Å². The first-order valence-electron chi connectivity index (χ1n) is 7.66. The third-order valence-corrected chi connectivity index (χ3v) is 4.99. The van der Waals surface area contributed by atoms with Crippen molar-refractivity contribution in [2.75, 3.05) is 11.9 Å². The second-order valence-electron chi connectivity index (χ2n) is 5.38. The molecule has 6 heteroatoms. The Hall–Kier alpha value is -1.85. The van der Waals surface area contributed by atoms with Gasteiger partial charge in [-0.25, -0.2) is 0 Å². The molecule has 0 saturated carbocycles. The van der Waals surface area contributed by atoms with Gasteiger partial charge < -0.3 is 10.6 Å².